The van der Waals surface area contributed by atoms with Gasteiger partial charge in [0.25, 0.3) is 0 Å². The number of carbonyl (C=O) groups is 1. The molecule has 2 aliphatic heterocycles. The van der Waals surface area contributed by atoms with E-state index in [4.69, 9.17) is 0 Å². The van der Waals surface area contributed by atoms with Gasteiger partial charge < -0.3 is 15.5 Å². The van der Waals surface area contributed by atoms with E-state index in [1.165, 1.54) is 6.42 Å². The molecule has 2 N–H and O–H groups in total. The van der Waals surface area contributed by atoms with Crippen LogP contribution in [-0.4, -0.2) is 36.5 Å². The van der Waals surface area contributed by atoms with Crippen LogP contribution in [0.15, 0.2) is 24.3 Å². The molecule has 0 aromatic heterocycles. The van der Waals surface area contributed by atoms with Gasteiger partial charge in [0.1, 0.15) is 6.04 Å². The van der Waals surface area contributed by atoms with Gasteiger partial charge in [-0.3, -0.25) is 4.79 Å². The molecule has 1 fully saturated rings. The van der Waals surface area contributed by atoms with Crippen molar-refractivity contribution < 1.29 is 4.79 Å². The Bertz CT molecular complexity index is 474. The van der Waals surface area contributed by atoms with E-state index in [0.717, 1.165) is 30.9 Å². The van der Waals surface area contributed by atoms with Crippen molar-refractivity contribution in [3.05, 3.63) is 24.3 Å². The normalized spacial score (nSPS) is 26.1. The zero-order valence-corrected chi connectivity index (χ0v) is 11.4. The van der Waals surface area contributed by atoms with E-state index in [0.29, 0.717) is 12.5 Å². The van der Waals surface area contributed by atoms with E-state index < -0.39 is 0 Å². The number of fused-ring (bicyclic) bond motifs is 1. The Morgan fingerprint density at radius 2 is 2.11 bits per heavy atom. The Hall–Kier alpha value is -1.71. The predicted octanol–water partition coefficient (Wildman–Crippen LogP) is 2.15. The molecule has 0 bridgehead atoms. The predicted molar refractivity (Wildman–Crippen MR) is 77.3 cm³/mol. The Morgan fingerprint density at radius 1 is 1.32 bits per heavy atom. The molecule has 2 unspecified atom stereocenters. The van der Waals surface area contributed by atoms with Gasteiger partial charge in [0.15, 0.2) is 0 Å². The number of piperidine rings is 1. The molecule has 0 radical (unpaired) electrons. The molecular formula is C15H21N3O. The minimum Gasteiger partial charge on any atom is -0.381 e. The standard InChI is InChI=1S/C15H21N3O/c1-11-5-4-8-18(10-11)15(19)14-9-16-12-6-2-3-7-13(12)17-14/h2-3,6-7,11,14,16-17H,4-5,8-10H2,1H3. The van der Waals surface area contributed by atoms with Gasteiger partial charge in [0.2, 0.25) is 5.91 Å². The third-order valence-electron chi connectivity index (χ3n) is 4.02. The van der Waals surface area contributed by atoms with Crippen molar-refractivity contribution in [2.75, 3.05) is 30.3 Å². The van der Waals surface area contributed by atoms with Crippen molar-refractivity contribution in [3.63, 3.8) is 0 Å². The number of benzene rings is 1. The molecule has 4 nitrogen and oxygen atoms in total. The number of nitrogens with zero attached hydrogens (tertiary/aromatic N) is 1. The van der Waals surface area contributed by atoms with Crippen molar-refractivity contribution in [1.82, 2.24) is 4.90 Å². The monoisotopic (exact) mass is 259 g/mol. The molecule has 0 spiro atoms. The SMILES string of the molecule is CC1CCCN(C(=O)C2CNc3ccccc3N2)C1. The lowest BCUT2D eigenvalue weighted by molar-refractivity contribution is -0.133. The summed E-state index contributed by atoms with van der Waals surface area (Å²) in [7, 11) is 0. The van der Waals surface area contributed by atoms with Crippen LogP contribution in [0.3, 0.4) is 0 Å². The molecule has 0 saturated carbocycles. The number of amides is 1. The molecule has 4 heteroatoms. The first-order valence-corrected chi connectivity index (χ1v) is 7.12. The summed E-state index contributed by atoms with van der Waals surface area (Å²) in [5.41, 5.74) is 2.11. The zero-order chi connectivity index (χ0) is 13.2. The van der Waals surface area contributed by atoms with E-state index in [-0.39, 0.29) is 11.9 Å². The van der Waals surface area contributed by atoms with E-state index in [9.17, 15) is 4.79 Å². The van der Waals surface area contributed by atoms with Crippen LogP contribution in [0.5, 0.6) is 0 Å². The highest BCUT2D eigenvalue weighted by Gasteiger charge is 2.29. The Labute approximate surface area is 114 Å². The fourth-order valence-corrected chi connectivity index (χ4v) is 2.97. The van der Waals surface area contributed by atoms with E-state index >= 15 is 0 Å². The minimum absolute atomic E-state index is 0.139. The maximum Gasteiger partial charge on any atom is 0.246 e. The number of carbonyl (C=O) groups excluding carboxylic acids is 1. The lowest BCUT2D eigenvalue weighted by atomic mass is 9.99. The third-order valence-corrected chi connectivity index (χ3v) is 4.02. The summed E-state index contributed by atoms with van der Waals surface area (Å²) in [6.45, 7) is 4.70. The lowest BCUT2D eigenvalue weighted by Gasteiger charge is -2.36. The van der Waals surface area contributed by atoms with Gasteiger partial charge in [-0.1, -0.05) is 19.1 Å². The number of hydrogen-bond donors (Lipinski definition) is 2. The number of nitrogens with one attached hydrogen (secondary N) is 2. The Morgan fingerprint density at radius 3 is 2.89 bits per heavy atom. The van der Waals surface area contributed by atoms with E-state index in [1.807, 2.05) is 29.2 Å². The summed E-state index contributed by atoms with van der Waals surface area (Å²) >= 11 is 0. The molecule has 1 aromatic rings. The van der Waals surface area contributed by atoms with Crippen molar-refractivity contribution in [2.24, 2.45) is 5.92 Å². The largest absolute Gasteiger partial charge is 0.381 e. The van der Waals surface area contributed by atoms with Gasteiger partial charge in [0.05, 0.1) is 11.4 Å². The van der Waals surface area contributed by atoms with E-state index in [1.54, 1.807) is 0 Å². The summed E-state index contributed by atoms with van der Waals surface area (Å²) in [4.78, 5) is 14.5. The zero-order valence-electron chi connectivity index (χ0n) is 11.4. The average Bonchev–Trinajstić information content (AvgIpc) is 2.46. The van der Waals surface area contributed by atoms with Crippen LogP contribution >= 0.6 is 0 Å². The molecule has 2 atom stereocenters. The fraction of sp³-hybridized carbons (Fsp3) is 0.533. The van der Waals surface area contributed by atoms with Crippen LogP contribution < -0.4 is 10.6 Å². The third kappa shape index (κ3) is 2.53. The maximum absolute atomic E-state index is 12.5. The molecule has 1 saturated heterocycles. The topological polar surface area (TPSA) is 44.4 Å². The van der Waals surface area contributed by atoms with E-state index in [2.05, 4.69) is 17.6 Å². The summed E-state index contributed by atoms with van der Waals surface area (Å²) < 4.78 is 0. The minimum atomic E-state index is -0.139. The summed E-state index contributed by atoms with van der Waals surface area (Å²) in [6.07, 6.45) is 2.37. The first-order chi connectivity index (χ1) is 9.24. The highest BCUT2D eigenvalue weighted by Crippen LogP contribution is 2.26. The number of para-hydroxylation sites is 2. The number of anilines is 2. The van der Waals surface area contributed by atoms with Gasteiger partial charge in [-0.25, -0.2) is 0 Å². The summed E-state index contributed by atoms with van der Waals surface area (Å²) in [5, 5.41) is 6.69. The van der Waals surface area contributed by atoms with Gasteiger partial charge in [-0.2, -0.15) is 0 Å². The number of hydrogen-bond acceptors (Lipinski definition) is 3. The molecule has 2 aliphatic rings. The second-order valence-electron chi connectivity index (χ2n) is 5.66. The molecule has 102 valence electrons. The molecule has 0 aliphatic carbocycles. The molecule has 1 amide bonds. The first kappa shape index (κ1) is 12.3. The van der Waals surface area contributed by atoms with Crippen LogP contribution in [0.2, 0.25) is 0 Å². The van der Waals surface area contributed by atoms with Crippen molar-refractivity contribution >= 4 is 17.3 Å². The quantitative estimate of drug-likeness (QED) is 0.812. The average molecular weight is 259 g/mol. The number of likely N-dealkylation sites (tertiary alicyclic amines) is 1. The maximum atomic E-state index is 12.5. The van der Waals surface area contributed by atoms with Crippen molar-refractivity contribution in [1.29, 1.82) is 0 Å². The van der Waals surface area contributed by atoms with Crippen LogP contribution in [0.1, 0.15) is 19.8 Å². The van der Waals surface area contributed by atoms with Gasteiger partial charge in [-0.15, -0.1) is 0 Å². The first-order valence-electron chi connectivity index (χ1n) is 7.12. The summed E-state index contributed by atoms with van der Waals surface area (Å²) in [6, 6.07) is 7.90. The highest BCUT2D eigenvalue weighted by molar-refractivity contribution is 5.88. The van der Waals surface area contributed by atoms with Crippen molar-refractivity contribution in [2.45, 2.75) is 25.8 Å². The smallest absolute Gasteiger partial charge is 0.246 e. The Balaban J connectivity index is 1.69. The van der Waals surface area contributed by atoms with Crippen LogP contribution in [-0.2, 0) is 4.79 Å². The van der Waals surface area contributed by atoms with Gasteiger partial charge in [0, 0.05) is 19.6 Å². The molecule has 19 heavy (non-hydrogen) atoms. The molecular weight excluding hydrogens is 238 g/mol. The number of rotatable bonds is 1. The second kappa shape index (κ2) is 5.11. The van der Waals surface area contributed by atoms with Crippen LogP contribution in [0.4, 0.5) is 11.4 Å². The van der Waals surface area contributed by atoms with Crippen LogP contribution in [0.25, 0.3) is 0 Å². The summed E-state index contributed by atoms with van der Waals surface area (Å²) in [5.74, 6) is 0.857. The molecule has 2 heterocycles. The molecule has 3 rings (SSSR count). The highest BCUT2D eigenvalue weighted by atomic mass is 16.2. The lowest BCUT2D eigenvalue weighted by Crippen LogP contribution is -2.50. The molecule has 1 aromatic carbocycles. The second-order valence-corrected chi connectivity index (χ2v) is 5.66. The van der Waals surface area contributed by atoms with Gasteiger partial charge >= 0.3 is 0 Å². The Kier molecular flexibility index (Phi) is 3.32. The van der Waals surface area contributed by atoms with Crippen molar-refractivity contribution in [3.8, 4) is 0 Å². The van der Waals surface area contributed by atoms with Gasteiger partial charge in [-0.05, 0) is 30.9 Å². The van der Waals surface area contributed by atoms with Crippen LogP contribution in [0, 0.1) is 5.92 Å². The fourth-order valence-electron chi connectivity index (χ4n) is 2.97.